The molecule has 0 saturated carbocycles. The van der Waals surface area contributed by atoms with Crippen LogP contribution in [0.1, 0.15) is 16.1 Å². The SMILES string of the molecule is N#Cc1nc2ccc3c(c2s1)CN(Cc1ccccc1)C=N3. The normalized spacial score (nSPS) is 13.1. The summed E-state index contributed by atoms with van der Waals surface area (Å²) in [5, 5.41) is 9.55. The van der Waals surface area contributed by atoms with Gasteiger partial charge < -0.3 is 4.90 Å². The Morgan fingerprint density at radius 1 is 1.18 bits per heavy atom. The molecular formula is C17H12N4S. The highest BCUT2D eigenvalue weighted by atomic mass is 32.1. The standard InChI is InChI=1S/C17H12N4S/c18-8-16-20-15-7-6-14-13(17(15)22-16)10-21(11-19-14)9-12-4-2-1-3-5-12/h1-7,11H,9-10H2. The Bertz CT molecular complexity index is 906. The minimum absolute atomic E-state index is 0.507. The fourth-order valence-corrected chi connectivity index (χ4v) is 3.55. The van der Waals surface area contributed by atoms with E-state index in [0.717, 1.165) is 34.6 Å². The summed E-state index contributed by atoms with van der Waals surface area (Å²) >= 11 is 1.45. The van der Waals surface area contributed by atoms with Gasteiger partial charge in [-0.2, -0.15) is 5.26 Å². The fraction of sp³-hybridized carbons (Fsp3) is 0.118. The fourth-order valence-electron chi connectivity index (χ4n) is 2.66. The Kier molecular flexibility index (Phi) is 3.10. The summed E-state index contributed by atoms with van der Waals surface area (Å²) in [7, 11) is 0. The lowest BCUT2D eigenvalue weighted by atomic mass is 10.1. The first-order valence-electron chi connectivity index (χ1n) is 6.98. The number of hydrogen-bond donors (Lipinski definition) is 0. The summed E-state index contributed by atoms with van der Waals surface area (Å²) in [6.07, 6.45) is 1.90. The van der Waals surface area contributed by atoms with Crippen LogP contribution >= 0.6 is 11.3 Å². The van der Waals surface area contributed by atoms with Crippen molar-refractivity contribution < 1.29 is 0 Å². The Morgan fingerprint density at radius 3 is 2.86 bits per heavy atom. The van der Waals surface area contributed by atoms with Gasteiger partial charge in [-0.25, -0.2) is 9.98 Å². The average Bonchev–Trinajstić information content (AvgIpc) is 2.99. The molecule has 4 nitrogen and oxygen atoms in total. The lowest BCUT2D eigenvalue weighted by molar-refractivity contribution is 0.416. The van der Waals surface area contributed by atoms with E-state index in [4.69, 9.17) is 5.26 Å². The maximum atomic E-state index is 9.05. The van der Waals surface area contributed by atoms with E-state index in [-0.39, 0.29) is 0 Å². The van der Waals surface area contributed by atoms with Crippen molar-refractivity contribution >= 4 is 33.6 Å². The summed E-state index contributed by atoms with van der Waals surface area (Å²) in [4.78, 5) is 11.1. The highest BCUT2D eigenvalue weighted by molar-refractivity contribution is 7.19. The molecule has 0 fully saturated rings. The lowest BCUT2D eigenvalue weighted by Gasteiger charge is -2.24. The van der Waals surface area contributed by atoms with Crippen LogP contribution in [0, 0.1) is 11.3 Å². The highest BCUT2D eigenvalue weighted by Crippen LogP contribution is 2.35. The third-order valence-electron chi connectivity index (χ3n) is 3.68. The van der Waals surface area contributed by atoms with Crippen LogP contribution in [0.2, 0.25) is 0 Å². The van der Waals surface area contributed by atoms with Gasteiger partial charge in [-0.1, -0.05) is 30.3 Å². The van der Waals surface area contributed by atoms with Crippen LogP contribution in [0.4, 0.5) is 5.69 Å². The van der Waals surface area contributed by atoms with E-state index in [1.165, 1.54) is 16.9 Å². The zero-order valence-corrected chi connectivity index (χ0v) is 12.5. The van der Waals surface area contributed by atoms with Crippen LogP contribution in [0.15, 0.2) is 47.5 Å². The molecule has 0 N–H and O–H groups in total. The van der Waals surface area contributed by atoms with Crippen molar-refractivity contribution in [3.05, 3.63) is 58.6 Å². The van der Waals surface area contributed by atoms with Gasteiger partial charge in [-0.3, -0.25) is 0 Å². The summed E-state index contributed by atoms with van der Waals surface area (Å²) in [5.74, 6) is 0. The van der Waals surface area contributed by atoms with E-state index in [1.807, 2.05) is 36.7 Å². The molecule has 0 unspecified atom stereocenters. The molecule has 1 aliphatic heterocycles. The van der Waals surface area contributed by atoms with E-state index < -0.39 is 0 Å². The molecule has 106 valence electrons. The summed E-state index contributed by atoms with van der Waals surface area (Å²) in [5.41, 5.74) is 4.28. The molecular weight excluding hydrogens is 292 g/mol. The number of rotatable bonds is 2. The lowest BCUT2D eigenvalue weighted by Crippen LogP contribution is -2.23. The van der Waals surface area contributed by atoms with Gasteiger partial charge in [0.25, 0.3) is 0 Å². The second-order valence-electron chi connectivity index (χ2n) is 5.18. The molecule has 0 atom stereocenters. The van der Waals surface area contributed by atoms with Crippen molar-refractivity contribution in [3.63, 3.8) is 0 Å². The van der Waals surface area contributed by atoms with Crippen LogP contribution in [0.3, 0.4) is 0 Å². The topological polar surface area (TPSA) is 52.3 Å². The molecule has 5 heteroatoms. The molecule has 0 aliphatic carbocycles. The number of fused-ring (bicyclic) bond motifs is 3. The molecule has 0 radical (unpaired) electrons. The van der Waals surface area contributed by atoms with Crippen LogP contribution in [0.25, 0.3) is 10.2 Å². The maximum absolute atomic E-state index is 9.05. The van der Waals surface area contributed by atoms with Crippen molar-refractivity contribution in [3.8, 4) is 6.07 Å². The number of benzene rings is 2. The monoisotopic (exact) mass is 304 g/mol. The quantitative estimate of drug-likeness (QED) is 0.722. The van der Waals surface area contributed by atoms with Crippen molar-refractivity contribution in [1.82, 2.24) is 9.88 Å². The Morgan fingerprint density at radius 2 is 2.05 bits per heavy atom. The molecule has 22 heavy (non-hydrogen) atoms. The molecule has 0 spiro atoms. The van der Waals surface area contributed by atoms with Crippen molar-refractivity contribution in [2.24, 2.45) is 4.99 Å². The molecule has 1 aliphatic rings. The van der Waals surface area contributed by atoms with Crippen molar-refractivity contribution in [2.45, 2.75) is 13.1 Å². The van der Waals surface area contributed by atoms with Gasteiger partial charge in [0.05, 0.1) is 22.2 Å². The van der Waals surface area contributed by atoms with E-state index in [1.54, 1.807) is 0 Å². The van der Waals surface area contributed by atoms with E-state index in [2.05, 4.69) is 33.1 Å². The van der Waals surface area contributed by atoms with E-state index in [9.17, 15) is 0 Å². The smallest absolute Gasteiger partial charge is 0.195 e. The first kappa shape index (κ1) is 13.0. The number of aliphatic imine (C=N–C) groups is 1. The molecule has 0 amide bonds. The van der Waals surface area contributed by atoms with Gasteiger partial charge in [0, 0.05) is 18.7 Å². The first-order chi connectivity index (χ1) is 10.8. The number of nitriles is 1. The minimum atomic E-state index is 0.507. The summed E-state index contributed by atoms with van der Waals surface area (Å²) in [6, 6.07) is 16.4. The second-order valence-corrected chi connectivity index (χ2v) is 6.18. The average molecular weight is 304 g/mol. The van der Waals surface area contributed by atoms with Gasteiger partial charge in [0.2, 0.25) is 0 Å². The number of nitrogens with zero attached hydrogens (tertiary/aromatic N) is 4. The van der Waals surface area contributed by atoms with Crippen LogP contribution < -0.4 is 0 Å². The van der Waals surface area contributed by atoms with Gasteiger partial charge in [-0.05, 0) is 17.7 Å². The maximum Gasteiger partial charge on any atom is 0.195 e. The van der Waals surface area contributed by atoms with Crippen LogP contribution in [-0.2, 0) is 13.1 Å². The molecule has 0 bridgehead atoms. The third kappa shape index (κ3) is 2.24. The predicted octanol–water partition coefficient (Wildman–Crippen LogP) is 3.84. The van der Waals surface area contributed by atoms with Crippen LogP contribution in [-0.4, -0.2) is 16.2 Å². The molecule has 2 aromatic carbocycles. The largest absolute Gasteiger partial charge is 0.354 e. The number of thiazole rings is 1. The molecule has 4 rings (SSSR count). The third-order valence-corrected chi connectivity index (χ3v) is 4.72. The summed E-state index contributed by atoms with van der Waals surface area (Å²) < 4.78 is 1.07. The Labute approximate surface area is 132 Å². The molecule has 0 saturated heterocycles. The zero-order chi connectivity index (χ0) is 14.9. The van der Waals surface area contributed by atoms with Gasteiger partial charge in [0.15, 0.2) is 5.01 Å². The van der Waals surface area contributed by atoms with Crippen LogP contribution in [0.5, 0.6) is 0 Å². The van der Waals surface area contributed by atoms with Gasteiger partial charge in [0.1, 0.15) is 6.07 Å². The van der Waals surface area contributed by atoms with Crippen molar-refractivity contribution in [1.29, 1.82) is 5.26 Å². The zero-order valence-electron chi connectivity index (χ0n) is 11.7. The highest BCUT2D eigenvalue weighted by Gasteiger charge is 2.17. The molecule has 3 aromatic rings. The number of aromatic nitrogens is 1. The Hall–Kier alpha value is -2.71. The van der Waals surface area contributed by atoms with E-state index in [0.29, 0.717) is 5.01 Å². The first-order valence-corrected chi connectivity index (χ1v) is 7.80. The summed E-state index contributed by atoms with van der Waals surface area (Å²) in [6.45, 7) is 1.61. The molecule has 1 aromatic heterocycles. The Balaban J connectivity index is 1.70. The second kappa shape index (κ2) is 5.24. The van der Waals surface area contributed by atoms with Gasteiger partial charge in [-0.15, -0.1) is 11.3 Å². The predicted molar refractivity (Wildman–Crippen MR) is 88.2 cm³/mol. The van der Waals surface area contributed by atoms with Gasteiger partial charge >= 0.3 is 0 Å². The molecule has 2 heterocycles. The number of hydrogen-bond acceptors (Lipinski definition) is 5. The minimum Gasteiger partial charge on any atom is -0.354 e. The van der Waals surface area contributed by atoms with E-state index >= 15 is 0 Å². The van der Waals surface area contributed by atoms with Crippen molar-refractivity contribution in [2.75, 3.05) is 0 Å².